The number of nitro benzene ring substituents is 1. The molecule has 1 aromatic carbocycles. The number of nitrogens with zero attached hydrogens (tertiary/aromatic N) is 2. The van der Waals surface area contributed by atoms with Gasteiger partial charge in [-0.3, -0.25) is 14.9 Å². The smallest absolute Gasteiger partial charge is 0.270 e. The summed E-state index contributed by atoms with van der Waals surface area (Å²) >= 11 is 0. The van der Waals surface area contributed by atoms with E-state index in [0.29, 0.717) is 17.8 Å². The van der Waals surface area contributed by atoms with Gasteiger partial charge in [-0.2, -0.15) is 0 Å². The molecule has 2 N–H and O–H groups in total. The van der Waals surface area contributed by atoms with Crippen LogP contribution in [0.3, 0.4) is 0 Å². The Morgan fingerprint density at radius 3 is 2.40 bits per heavy atom. The lowest BCUT2D eigenvalue weighted by atomic mass is 9.88. The van der Waals surface area contributed by atoms with Gasteiger partial charge in [-0.1, -0.05) is 25.7 Å². The number of amides is 1. The maximum Gasteiger partial charge on any atom is 0.270 e. The Balaban J connectivity index is 2.18. The van der Waals surface area contributed by atoms with Crippen molar-refractivity contribution in [3.05, 3.63) is 33.9 Å². The highest BCUT2D eigenvalue weighted by molar-refractivity contribution is 6.00. The molecular formula is C18H28N4O3. The molecule has 0 radical (unpaired) electrons. The van der Waals surface area contributed by atoms with Crippen molar-refractivity contribution < 1.29 is 9.72 Å². The van der Waals surface area contributed by atoms with Crippen LogP contribution in [0.1, 0.15) is 48.9 Å². The first-order valence-electron chi connectivity index (χ1n) is 8.81. The molecule has 0 heterocycles. The lowest BCUT2D eigenvalue weighted by molar-refractivity contribution is -0.384. The summed E-state index contributed by atoms with van der Waals surface area (Å²) in [5, 5.41) is 17.0. The van der Waals surface area contributed by atoms with Gasteiger partial charge >= 0.3 is 0 Å². The van der Waals surface area contributed by atoms with Gasteiger partial charge in [0.05, 0.1) is 10.5 Å². The Labute approximate surface area is 148 Å². The van der Waals surface area contributed by atoms with Crippen LogP contribution in [-0.2, 0) is 0 Å². The molecule has 0 unspecified atom stereocenters. The van der Waals surface area contributed by atoms with Crippen molar-refractivity contribution in [2.45, 2.75) is 44.1 Å². The molecule has 1 aliphatic carbocycles. The van der Waals surface area contributed by atoms with Crippen molar-refractivity contribution >= 4 is 17.3 Å². The van der Waals surface area contributed by atoms with Gasteiger partial charge in [0, 0.05) is 37.0 Å². The fourth-order valence-corrected chi connectivity index (χ4v) is 3.56. The van der Waals surface area contributed by atoms with E-state index in [1.54, 1.807) is 13.1 Å². The number of non-ortho nitro benzene ring substituents is 1. The monoisotopic (exact) mass is 348 g/mol. The minimum Gasteiger partial charge on any atom is -0.387 e. The molecule has 0 bridgehead atoms. The van der Waals surface area contributed by atoms with Gasteiger partial charge in [0.25, 0.3) is 11.6 Å². The summed E-state index contributed by atoms with van der Waals surface area (Å²) in [6, 6.07) is 4.30. The van der Waals surface area contributed by atoms with Crippen LogP contribution in [-0.4, -0.2) is 49.0 Å². The number of likely N-dealkylation sites (N-methyl/N-ethyl adjacent to an activating group) is 1. The highest BCUT2D eigenvalue weighted by Crippen LogP contribution is 2.31. The molecule has 138 valence electrons. The van der Waals surface area contributed by atoms with E-state index >= 15 is 0 Å². The second-order valence-electron chi connectivity index (χ2n) is 6.95. The molecule has 25 heavy (non-hydrogen) atoms. The quantitative estimate of drug-likeness (QED) is 0.469. The topological polar surface area (TPSA) is 87.5 Å². The van der Waals surface area contributed by atoms with Crippen molar-refractivity contribution in [1.82, 2.24) is 10.2 Å². The van der Waals surface area contributed by atoms with Crippen molar-refractivity contribution in [3.63, 3.8) is 0 Å². The zero-order valence-electron chi connectivity index (χ0n) is 15.3. The molecule has 7 heteroatoms. The van der Waals surface area contributed by atoms with Gasteiger partial charge in [0.1, 0.15) is 0 Å². The summed E-state index contributed by atoms with van der Waals surface area (Å²) < 4.78 is 0. The molecule has 0 aromatic heterocycles. The van der Waals surface area contributed by atoms with Crippen LogP contribution < -0.4 is 10.6 Å². The second kappa shape index (κ2) is 8.29. The molecule has 0 saturated heterocycles. The van der Waals surface area contributed by atoms with E-state index in [2.05, 4.69) is 29.6 Å². The molecule has 0 aliphatic heterocycles. The van der Waals surface area contributed by atoms with Crippen molar-refractivity contribution in [2.24, 2.45) is 0 Å². The summed E-state index contributed by atoms with van der Waals surface area (Å²) in [7, 11) is 5.82. The Morgan fingerprint density at radius 1 is 1.24 bits per heavy atom. The predicted molar refractivity (Wildman–Crippen MR) is 99.1 cm³/mol. The third-order valence-electron chi connectivity index (χ3n) is 5.29. The van der Waals surface area contributed by atoms with E-state index in [1.807, 2.05) is 0 Å². The van der Waals surface area contributed by atoms with Crippen LogP contribution in [0, 0.1) is 10.1 Å². The fraction of sp³-hybridized carbons (Fsp3) is 0.611. The fourth-order valence-electron chi connectivity index (χ4n) is 3.56. The number of carbonyl (C=O) groups excluding carboxylic acids is 1. The lowest BCUT2D eigenvalue weighted by Gasteiger charge is -2.39. The molecule has 2 rings (SSSR count). The summed E-state index contributed by atoms with van der Waals surface area (Å²) in [5.74, 6) is -0.279. The summed E-state index contributed by atoms with van der Waals surface area (Å²) in [4.78, 5) is 25.4. The van der Waals surface area contributed by atoms with Gasteiger partial charge in [-0.05, 0) is 33.0 Å². The Bertz CT molecular complexity index is 623. The van der Waals surface area contributed by atoms with Crippen LogP contribution in [0.25, 0.3) is 0 Å². The predicted octanol–water partition coefficient (Wildman–Crippen LogP) is 3.02. The lowest BCUT2D eigenvalue weighted by Crippen LogP contribution is -2.52. The highest BCUT2D eigenvalue weighted by atomic mass is 16.6. The van der Waals surface area contributed by atoms with Crippen molar-refractivity contribution in [2.75, 3.05) is 33.0 Å². The maximum atomic E-state index is 12.7. The number of hydrogen-bond acceptors (Lipinski definition) is 5. The third kappa shape index (κ3) is 4.48. The van der Waals surface area contributed by atoms with E-state index in [4.69, 9.17) is 0 Å². The second-order valence-corrected chi connectivity index (χ2v) is 6.95. The van der Waals surface area contributed by atoms with Crippen LogP contribution in [0.5, 0.6) is 0 Å². The normalized spacial score (nSPS) is 17.0. The van der Waals surface area contributed by atoms with Crippen LogP contribution in [0.2, 0.25) is 0 Å². The summed E-state index contributed by atoms with van der Waals surface area (Å²) in [6.07, 6.45) is 6.89. The minimum atomic E-state index is -0.483. The number of benzene rings is 1. The van der Waals surface area contributed by atoms with Gasteiger partial charge in [-0.15, -0.1) is 0 Å². The van der Waals surface area contributed by atoms with Crippen LogP contribution in [0.4, 0.5) is 11.4 Å². The SMILES string of the molecule is CNc1ccc([N+](=O)[O-])cc1C(=O)NCC1(N(C)C)CCCCCC1. The number of anilines is 1. The number of hydrogen-bond donors (Lipinski definition) is 2. The first kappa shape index (κ1) is 19.2. The molecule has 7 nitrogen and oxygen atoms in total. The number of carbonyl (C=O) groups is 1. The Kier molecular flexibility index (Phi) is 6.36. The zero-order valence-corrected chi connectivity index (χ0v) is 15.3. The molecular weight excluding hydrogens is 320 g/mol. The van der Waals surface area contributed by atoms with E-state index < -0.39 is 4.92 Å². The van der Waals surface area contributed by atoms with Gasteiger partial charge in [0.2, 0.25) is 0 Å². The highest BCUT2D eigenvalue weighted by Gasteiger charge is 2.33. The standard InChI is InChI=1S/C18H28N4O3/c1-19-16-9-8-14(22(24)25)12-15(16)17(23)20-13-18(21(2)3)10-6-4-5-7-11-18/h8-9,12,19H,4-7,10-11,13H2,1-3H3,(H,20,23). The number of nitro groups is 1. The minimum absolute atomic E-state index is 0.0489. The average Bonchev–Trinajstić information content (AvgIpc) is 2.85. The van der Waals surface area contributed by atoms with E-state index in [0.717, 1.165) is 25.7 Å². The summed E-state index contributed by atoms with van der Waals surface area (Å²) in [5.41, 5.74) is 0.759. The Morgan fingerprint density at radius 2 is 1.88 bits per heavy atom. The summed E-state index contributed by atoms with van der Waals surface area (Å²) in [6.45, 7) is 0.546. The molecule has 1 saturated carbocycles. The molecule has 1 fully saturated rings. The number of nitrogens with one attached hydrogen (secondary N) is 2. The van der Waals surface area contributed by atoms with E-state index in [-0.39, 0.29) is 17.1 Å². The third-order valence-corrected chi connectivity index (χ3v) is 5.29. The van der Waals surface area contributed by atoms with E-state index in [9.17, 15) is 14.9 Å². The van der Waals surface area contributed by atoms with Gasteiger partial charge < -0.3 is 15.5 Å². The van der Waals surface area contributed by atoms with Crippen LogP contribution >= 0.6 is 0 Å². The Hall–Kier alpha value is -2.15. The molecule has 0 atom stereocenters. The number of rotatable bonds is 6. The molecule has 1 aromatic rings. The van der Waals surface area contributed by atoms with Crippen LogP contribution in [0.15, 0.2) is 18.2 Å². The zero-order chi connectivity index (χ0) is 18.4. The van der Waals surface area contributed by atoms with Crippen molar-refractivity contribution in [1.29, 1.82) is 0 Å². The first-order chi connectivity index (χ1) is 11.9. The van der Waals surface area contributed by atoms with Gasteiger partial charge in [0.15, 0.2) is 0 Å². The average molecular weight is 348 g/mol. The largest absolute Gasteiger partial charge is 0.387 e. The molecule has 1 amide bonds. The van der Waals surface area contributed by atoms with Crippen molar-refractivity contribution in [3.8, 4) is 0 Å². The molecule has 1 aliphatic rings. The first-order valence-corrected chi connectivity index (χ1v) is 8.81. The van der Waals surface area contributed by atoms with Gasteiger partial charge in [-0.25, -0.2) is 0 Å². The van der Waals surface area contributed by atoms with E-state index in [1.165, 1.54) is 25.0 Å². The molecule has 0 spiro atoms. The maximum absolute atomic E-state index is 12.7.